The van der Waals surface area contributed by atoms with Gasteiger partial charge in [0.2, 0.25) is 0 Å². The molecule has 1 aliphatic rings. The number of non-ortho nitro benzene ring substituents is 1. The molecule has 1 amide bonds. The number of carbonyl (C=O) groups excluding carboxylic acids is 1. The van der Waals surface area contributed by atoms with Crippen LogP contribution in [-0.4, -0.2) is 16.4 Å². The third-order valence-corrected chi connectivity index (χ3v) is 4.85. The predicted octanol–water partition coefficient (Wildman–Crippen LogP) is 4.83. The molecule has 0 saturated heterocycles. The molecular formula is C19H19ClN2O3. The first-order valence-corrected chi connectivity index (χ1v) is 8.52. The van der Waals surface area contributed by atoms with Crippen LogP contribution in [0.4, 0.5) is 5.69 Å². The number of nitrogens with one attached hydrogen (secondary N) is 1. The van der Waals surface area contributed by atoms with E-state index in [1.165, 1.54) is 12.1 Å². The lowest BCUT2D eigenvalue weighted by Crippen LogP contribution is -2.45. The molecule has 1 saturated carbocycles. The van der Waals surface area contributed by atoms with Crippen LogP contribution >= 0.6 is 11.6 Å². The van der Waals surface area contributed by atoms with Crippen molar-refractivity contribution in [3.63, 3.8) is 0 Å². The van der Waals surface area contributed by atoms with Gasteiger partial charge < -0.3 is 5.32 Å². The van der Waals surface area contributed by atoms with Gasteiger partial charge in [0.05, 0.1) is 4.92 Å². The van der Waals surface area contributed by atoms with E-state index in [0.717, 1.165) is 18.4 Å². The summed E-state index contributed by atoms with van der Waals surface area (Å²) in [7, 11) is 0. The number of carbonyl (C=O) groups is 1. The lowest BCUT2D eigenvalue weighted by atomic mass is 9.97. The van der Waals surface area contributed by atoms with Crippen molar-refractivity contribution < 1.29 is 9.72 Å². The van der Waals surface area contributed by atoms with Crippen LogP contribution in [0.3, 0.4) is 0 Å². The van der Waals surface area contributed by atoms with E-state index in [-0.39, 0.29) is 22.7 Å². The average Bonchev–Trinajstić information content (AvgIpc) is 3.40. The van der Waals surface area contributed by atoms with E-state index in [9.17, 15) is 14.9 Å². The number of nitro benzene ring substituents is 1. The second kappa shape index (κ2) is 6.48. The third kappa shape index (κ3) is 3.99. The van der Waals surface area contributed by atoms with Crippen molar-refractivity contribution in [1.29, 1.82) is 0 Å². The van der Waals surface area contributed by atoms with Crippen molar-refractivity contribution in [3.8, 4) is 11.1 Å². The Labute approximate surface area is 151 Å². The Morgan fingerprint density at radius 3 is 2.36 bits per heavy atom. The van der Waals surface area contributed by atoms with Gasteiger partial charge >= 0.3 is 0 Å². The summed E-state index contributed by atoms with van der Waals surface area (Å²) in [4.78, 5) is 23.4. The highest BCUT2D eigenvalue weighted by Crippen LogP contribution is 2.39. The number of amides is 1. The van der Waals surface area contributed by atoms with Gasteiger partial charge in [-0.2, -0.15) is 0 Å². The zero-order valence-electron chi connectivity index (χ0n) is 14.1. The fourth-order valence-corrected chi connectivity index (χ4v) is 3.05. The molecular weight excluding hydrogens is 340 g/mol. The summed E-state index contributed by atoms with van der Waals surface area (Å²) in [6.45, 7) is 3.97. The molecule has 5 nitrogen and oxygen atoms in total. The molecule has 1 fully saturated rings. The van der Waals surface area contributed by atoms with Crippen LogP contribution in [0.1, 0.15) is 37.0 Å². The SMILES string of the molecule is CC(C)(NC(=O)c1cc(-c2ccc(Cl)cc2)cc([N+](=O)[O-])c1)C1CC1. The van der Waals surface area contributed by atoms with Gasteiger partial charge in [-0.3, -0.25) is 14.9 Å². The Bertz CT molecular complexity index is 827. The number of halogens is 1. The standard InChI is InChI=1S/C19H19ClN2O3/c1-19(2,15-5-6-15)21-18(23)14-9-13(10-17(11-14)22(24)25)12-3-7-16(20)8-4-12/h3-4,7-11,15H,5-6H2,1-2H3,(H,21,23). The number of nitrogens with zero attached hydrogens (tertiary/aromatic N) is 1. The Balaban J connectivity index is 1.96. The topological polar surface area (TPSA) is 72.2 Å². The van der Waals surface area contributed by atoms with Gasteiger partial charge in [0.25, 0.3) is 11.6 Å². The van der Waals surface area contributed by atoms with Gasteiger partial charge in [-0.15, -0.1) is 0 Å². The number of benzene rings is 2. The fraction of sp³-hybridized carbons (Fsp3) is 0.316. The van der Waals surface area contributed by atoms with Crippen molar-refractivity contribution in [3.05, 3.63) is 63.2 Å². The average molecular weight is 359 g/mol. The van der Waals surface area contributed by atoms with E-state index in [2.05, 4.69) is 5.32 Å². The Kier molecular flexibility index (Phi) is 4.52. The first kappa shape index (κ1) is 17.4. The van der Waals surface area contributed by atoms with Crippen LogP contribution in [0.2, 0.25) is 5.02 Å². The summed E-state index contributed by atoms with van der Waals surface area (Å²) in [6.07, 6.45) is 2.19. The molecule has 25 heavy (non-hydrogen) atoms. The molecule has 1 aliphatic carbocycles. The molecule has 2 aromatic carbocycles. The normalized spacial score (nSPS) is 14.2. The molecule has 3 rings (SSSR count). The van der Waals surface area contributed by atoms with E-state index in [1.807, 2.05) is 13.8 Å². The number of rotatable bonds is 5. The largest absolute Gasteiger partial charge is 0.347 e. The molecule has 0 atom stereocenters. The van der Waals surface area contributed by atoms with Gasteiger partial charge in [-0.1, -0.05) is 23.7 Å². The van der Waals surface area contributed by atoms with Crippen molar-refractivity contribution in [2.75, 3.05) is 0 Å². The minimum atomic E-state index is -0.484. The van der Waals surface area contributed by atoms with Crippen molar-refractivity contribution in [2.24, 2.45) is 5.92 Å². The molecule has 2 aromatic rings. The number of hydrogen-bond acceptors (Lipinski definition) is 3. The quantitative estimate of drug-likeness (QED) is 0.614. The van der Waals surface area contributed by atoms with Crippen LogP contribution in [0, 0.1) is 16.0 Å². The Hall–Kier alpha value is -2.40. The fourth-order valence-electron chi connectivity index (χ4n) is 2.93. The van der Waals surface area contributed by atoms with Gasteiger partial charge in [-0.25, -0.2) is 0 Å². The summed E-state index contributed by atoms with van der Waals surface area (Å²) >= 11 is 5.90. The molecule has 0 bridgehead atoms. The summed E-state index contributed by atoms with van der Waals surface area (Å²) in [6, 6.07) is 11.4. The zero-order chi connectivity index (χ0) is 18.2. The second-order valence-electron chi connectivity index (χ2n) is 6.98. The van der Waals surface area contributed by atoms with E-state index < -0.39 is 4.92 Å². The summed E-state index contributed by atoms with van der Waals surface area (Å²) in [5, 5.41) is 14.9. The molecule has 0 radical (unpaired) electrons. The van der Waals surface area contributed by atoms with Crippen LogP contribution < -0.4 is 5.32 Å². The number of hydrogen-bond donors (Lipinski definition) is 1. The molecule has 0 aliphatic heterocycles. The zero-order valence-corrected chi connectivity index (χ0v) is 14.8. The highest BCUT2D eigenvalue weighted by molar-refractivity contribution is 6.30. The summed E-state index contributed by atoms with van der Waals surface area (Å²) < 4.78 is 0. The van der Waals surface area contributed by atoms with E-state index in [4.69, 9.17) is 11.6 Å². The van der Waals surface area contributed by atoms with Gasteiger partial charge in [-0.05, 0) is 61.9 Å². The van der Waals surface area contributed by atoms with E-state index in [0.29, 0.717) is 16.5 Å². The van der Waals surface area contributed by atoms with Gasteiger partial charge in [0, 0.05) is 28.3 Å². The maximum atomic E-state index is 12.7. The molecule has 0 spiro atoms. The van der Waals surface area contributed by atoms with Gasteiger partial charge in [0.15, 0.2) is 0 Å². The summed E-state index contributed by atoms with van der Waals surface area (Å²) in [5.74, 6) is 0.168. The van der Waals surface area contributed by atoms with Crippen molar-refractivity contribution in [1.82, 2.24) is 5.32 Å². The number of nitro groups is 1. The van der Waals surface area contributed by atoms with Gasteiger partial charge in [0.1, 0.15) is 0 Å². The molecule has 0 heterocycles. The lowest BCUT2D eigenvalue weighted by Gasteiger charge is -2.26. The highest BCUT2D eigenvalue weighted by Gasteiger charge is 2.39. The van der Waals surface area contributed by atoms with Crippen LogP contribution in [0.15, 0.2) is 42.5 Å². The monoisotopic (exact) mass is 358 g/mol. The first-order chi connectivity index (χ1) is 11.8. The molecule has 0 unspecified atom stereocenters. The van der Waals surface area contributed by atoms with Crippen LogP contribution in [0.5, 0.6) is 0 Å². The first-order valence-electron chi connectivity index (χ1n) is 8.14. The Morgan fingerprint density at radius 1 is 1.16 bits per heavy atom. The van der Waals surface area contributed by atoms with E-state index >= 15 is 0 Å². The molecule has 0 aromatic heterocycles. The third-order valence-electron chi connectivity index (χ3n) is 4.60. The Morgan fingerprint density at radius 2 is 1.80 bits per heavy atom. The molecule has 1 N–H and O–H groups in total. The molecule has 6 heteroatoms. The maximum absolute atomic E-state index is 12.7. The van der Waals surface area contributed by atoms with E-state index in [1.54, 1.807) is 30.3 Å². The second-order valence-corrected chi connectivity index (χ2v) is 7.42. The maximum Gasteiger partial charge on any atom is 0.270 e. The minimum absolute atomic E-state index is 0.109. The van der Waals surface area contributed by atoms with Crippen molar-refractivity contribution >= 4 is 23.2 Å². The minimum Gasteiger partial charge on any atom is -0.347 e. The molecule has 130 valence electrons. The lowest BCUT2D eigenvalue weighted by molar-refractivity contribution is -0.384. The predicted molar refractivity (Wildman–Crippen MR) is 97.8 cm³/mol. The summed E-state index contributed by atoms with van der Waals surface area (Å²) in [5.41, 5.74) is 1.24. The van der Waals surface area contributed by atoms with Crippen LogP contribution in [-0.2, 0) is 0 Å². The highest BCUT2D eigenvalue weighted by atomic mass is 35.5. The van der Waals surface area contributed by atoms with Crippen LogP contribution in [0.25, 0.3) is 11.1 Å². The smallest absolute Gasteiger partial charge is 0.270 e. The van der Waals surface area contributed by atoms with Crippen molar-refractivity contribution in [2.45, 2.75) is 32.2 Å².